The van der Waals surface area contributed by atoms with Crippen molar-refractivity contribution >= 4 is 22.9 Å². The molecule has 0 aromatic rings. The zero-order valence-electron chi connectivity index (χ0n) is 13.3. The number of rotatable bonds is 12. The first-order valence-electron chi connectivity index (χ1n) is 8.01. The van der Waals surface area contributed by atoms with Crippen LogP contribution in [0.2, 0.25) is 0 Å². The smallest absolute Gasteiger partial charge is 0.0201 e. The molecule has 0 aliphatic rings. The average Bonchev–Trinajstić information content (AvgIpc) is 2.45. The summed E-state index contributed by atoms with van der Waals surface area (Å²) >= 11 is 2.48. The maximum Gasteiger partial charge on any atom is 0.0201 e. The first-order chi connectivity index (χ1) is 9.81. The lowest BCUT2D eigenvalue weighted by atomic mass is 10.1. The summed E-state index contributed by atoms with van der Waals surface area (Å²) in [5.41, 5.74) is 0. The van der Waals surface area contributed by atoms with Gasteiger partial charge in [-0.25, -0.2) is 3.11 Å². The van der Waals surface area contributed by atoms with Crippen LogP contribution in [0.4, 0.5) is 0 Å². The molecule has 0 heterocycles. The third-order valence-corrected chi connectivity index (χ3v) is 4.22. The first-order valence-corrected chi connectivity index (χ1v) is 8.97. The van der Waals surface area contributed by atoms with Gasteiger partial charge < -0.3 is 0 Å². The summed E-state index contributed by atoms with van der Waals surface area (Å²) in [4.78, 5) is 0. The van der Waals surface area contributed by atoms with Crippen LogP contribution in [0, 0.1) is 23.7 Å². The predicted molar refractivity (Wildman–Crippen MR) is 98.7 cm³/mol. The second-order valence-electron chi connectivity index (χ2n) is 5.09. The lowest BCUT2D eigenvalue weighted by Gasteiger charge is -2.13. The zero-order chi connectivity index (χ0) is 14.9. The van der Waals surface area contributed by atoms with Gasteiger partial charge in [0.2, 0.25) is 0 Å². The summed E-state index contributed by atoms with van der Waals surface area (Å²) in [5, 5.41) is 0. The third-order valence-electron chi connectivity index (χ3n) is 3.26. The fourth-order valence-electron chi connectivity index (χ4n) is 2.06. The Labute approximate surface area is 140 Å². The summed E-state index contributed by atoms with van der Waals surface area (Å²) in [6, 6.07) is 0. The fraction of sp³-hybridized carbons (Fsp3) is 0.778. The molecule has 114 valence electrons. The molecule has 0 rings (SSSR count). The maximum absolute atomic E-state index is 3.13. The molecule has 0 N–H and O–H groups in total. The van der Waals surface area contributed by atoms with Gasteiger partial charge in [-0.1, -0.05) is 25.7 Å². The minimum Gasteiger partial charge on any atom is -0.248 e. The fourth-order valence-corrected chi connectivity index (χ4v) is 2.74. The van der Waals surface area contributed by atoms with E-state index in [1.54, 1.807) is 0 Å². The summed E-state index contributed by atoms with van der Waals surface area (Å²) in [6.07, 6.45) is 12.7. The molecule has 1 nitrogen and oxygen atoms in total. The van der Waals surface area contributed by atoms with E-state index >= 15 is 0 Å². The molecular formula is C18H30IN. The Morgan fingerprint density at radius 3 is 1.45 bits per heavy atom. The van der Waals surface area contributed by atoms with E-state index in [0.717, 1.165) is 12.8 Å². The van der Waals surface area contributed by atoms with Crippen LogP contribution in [0.25, 0.3) is 0 Å². The van der Waals surface area contributed by atoms with Gasteiger partial charge in [-0.15, -0.1) is 23.7 Å². The number of hydrogen-bond acceptors (Lipinski definition) is 1. The first kappa shape index (κ1) is 19.8. The van der Waals surface area contributed by atoms with Crippen LogP contribution in [0.15, 0.2) is 0 Å². The molecule has 0 bridgehead atoms. The highest BCUT2D eigenvalue weighted by Gasteiger charge is 1.99. The summed E-state index contributed by atoms with van der Waals surface area (Å²) in [7, 11) is 0. The number of nitrogens with zero attached hydrogens (tertiary/aromatic N) is 1. The Morgan fingerprint density at radius 1 is 0.650 bits per heavy atom. The number of unbranched alkanes of at least 4 members (excludes halogenated alkanes) is 8. The molecule has 0 aliphatic carbocycles. The second kappa shape index (κ2) is 16.9. The molecule has 0 atom stereocenters. The van der Waals surface area contributed by atoms with Crippen molar-refractivity contribution < 1.29 is 0 Å². The van der Waals surface area contributed by atoms with Crippen LogP contribution in [0.3, 0.4) is 0 Å². The topological polar surface area (TPSA) is 3.24 Å². The molecule has 0 fully saturated rings. The minimum absolute atomic E-state index is 1.08. The lowest BCUT2D eigenvalue weighted by molar-refractivity contribution is 0.455. The highest BCUT2D eigenvalue weighted by atomic mass is 127. The Hall–Kier alpha value is -0.190. The van der Waals surface area contributed by atoms with Gasteiger partial charge in [0, 0.05) is 48.8 Å². The molecule has 0 aliphatic heterocycles. The Bertz CT molecular complexity index is 284. The van der Waals surface area contributed by atoms with E-state index in [2.05, 4.69) is 49.7 Å². The summed E-state index contributed by atoms with van der Waals surface area (Å²) < 4.78 is 2.45. The van der Waals surface area contributed by atoms with Crippen LogP contribution >= 0.6 is 22.9 Å². The van der Waals surface area contributed by atoms with Gasteiger partial charge in [0.05, 0.1) is 0 Å². The highest BCUT2D eigenvalue weighted by Crippen LogP contribution is 2.10. The van der Waals surface area contributed by atoms with Crippen LogP contribution < -0.4 is 0 Å². The molecule has 2 heteroatoms. The molecule has 0 unspecified atom stereocenters. The summed E-state index contributed by atoms with van der Waals surface area (Å²) in [5.74, 6) is 12.2. The molecule has 0 amide bonds. The average molecular weight is 387 g/mol. The minimum atomic E-state index is 1.08. The Kier molecular flexibility index (Phi) is 16.7. The van der Waals surface area contributed by atoms with E-state index in [4.69, 9.17) is 0 Å². The highest BCUT2D eigenvalue weighted by molar-refractivity contribution is 14.1. The van der Waals surface area contributed by atoms with Crippen molar-refractivity contribution in [3.8, 4) is 23.7 Å². The second-order valence-corrected chi connectivity index (χ2v) is 6.46. The molecular weight excluding hydrogens is 357 g/mol. The van der Waals surface area contributed by atoms with E-state index in [9.17, 15) is 0 Å². The number of halogens is 1. The number of hydrogen-bond donors (Lipinski definition) is 0. The molecule has 0 radical (unpaired) electrons. The van der Waals surface area contributed by atoms with Crippen molar-refractivity contribution in [3.05, 3.63) is 0 Å². The van der Waals surface area contributed by atoms with Gasteiger partial charge in [-0.3, -0.25) is 0 Å². The maximum atomic E-state index is 3.13. The largest absolute Gasteiger partial charge is 0.248 e. The van der Waals surface area contributed by atoms with E-state index in [-0.39, 0.29) is 0 Å². The Morgan fingerprint density at radius 2 is 1.05 bits per heavy atom. The molecule has 0 saturated carbocycles. The van der Waals surface area contributed by atoms with Crippen molar-refractivity contribution in [1.29, 1.82) is 0 Å². The van der Waals surface area contributed by atoms with Crippen molar-refractivity contribution in [2.45, 2.75) is 78.1 Å². The van der Waals surface area contributed by atoms with Crippen LogP contribution in [0.1, 0.15) is 78.1 Å². The van der Waals surface area contributed by atoms with E-state index in [1.807, 2.05) is 13.8 Å². The van der Waals surface area contributed by atoms with Gasteiger partial charge in [-0.05, 0) is 39.5 Å². The predicted octanol–water partition coefficient (Wildman–Crippen LogP) is 5.59. The molecule has 20 heavy (non-hydrogen) atoms. The van der Waals surface area contributed by atoms with Gasteiger partial charge in [0.1, 0.15) is 0 Å². The van der Waals surface area contributed by atoms with Crippen molar-refractivity contribution in [2.24, 2.45) is 0 Å². The van der Waals surface area contributed by atoms with Gasteiger partial charge in [0.25, 0.3) is 0 Å². The van der Waals surface area contributed by atoms with Gasteiger partial charge in [-0.2, -0.15) is 0 Å². The Balaban J connectivity index is 3.21. The van der Waals surface area contributed by atoms with Crippen LogP contribution in [0.5, 0.6) is 0 Å². The van der Waals surface area contributed by atoms with Gasteiger partial charge in [0.15, 0.2) is 0 Å². The van der Waals surface area contributed by atoms with Crippen LogP contribution in [-0.4, -0.2) is 16.2 Å². The summed E-state index contributed by atoms with van der Waals surface area (Å²) in [6.45, 7) is 6.32. The molecule has 0 saturated heterocycles. The monoisotopic (exact) mass is 387 g/mol. The molecule has 0 spiro atoms. The zero-order valence-corrected chi connectivity index (χ0v) is 15.5. The third kappa shape index (κ3) is 15.9. The van der Waals surface area contributed by atoms with E-state index < -0.39 is 0 Å². The molecule has 0 aromatic carbocycles. The quantitative estimate of drug-likeness (QED) is 0.183. The van der Waals surface area contributed by atoms with Crippen molar-refractivity contribution in [1.82, 2.24) is 3.11 Å². The molecule has 0 aromatic heterocycles. The van der Waals surface area contributed by atoms with Gasteiger partial charge >= 0.3 is 0 Å². The van der Waals surface area contributed by atoms with Crippen molar-refractivity contribution in [3.63, 3.8) is 0 Å². The standard InChI is InChI=1S/C18H30IN/c1-3-5-7-9-11-13-15-17-20(19)18-16-14-12-10-8-6-4-2/h7-18H2,1-2H3. The lowest BCUT2D eigenvalue weighted by Crippen LogP contribution is -2.14. The SMILES string of the molecule is CC#CCCCCCCN(I)CCCCCCC#CC. The van der Waals surface area contributed by atoms with E-state index in [1.165, 1.54) is 64.5 Å². The van der Waals surface area contributed by atoms with Crippen LogP contribution in [-0.2, 0) is 0 Å². The van der Waals surface area contributed by atoms with Crippen molar-refractivity contribution in [2.75, 3.05) is 13.1 Å². The normalized spacial score (nSPS) is 9.80. The van der Waals surface area contributed by atoms with E-state index in [0.29, 0.717) is 0 Å².